The van der Waals surface area contributed by atoms with Gasteiger partial charge in [0.25, 0.3) is 0 Å². The highest BCUT2D eigenvalue weighted by Gasteiger charge is 2.36. The summed E-state index contributed by atoms with van der Waals surface area (Å²) >= 11 is 0. The van der Waals surface area contributed by atoms with Crippen molar-refractivity contribution in [1.29, 1.82) is 0 Å². The summed E-state index contributed by atoms with van der Waals surface area (Å²) < 4.78 is 178. The van der Waals surface area contributed by atoms with Gasteiger partial charge in [0, 0.05) is 60.0 Å². The molecule has 0 saturated carbocycles. The lowest BCUT2D eigenvalue weighted by molar-refractivity contribution is -0.138. The topological polar surface area (TPSA) is 58.4 Å². The minimum atomic E-state index is -4.76. The van der Waals surface area contributed by atoms with Crippen molar-refractivity contribution >= 4 is 87.2 Å². The van der Waals surface area contributed by atoms with E-state index < -0.39 is 47.0 Å². The highest BCUT2D eigenvalue weighted by molar-refractivity contribution is 6.14. The summed E-state index contributed by atoms with van der Waals surface area (Å²) in [5.74, 6) is 0.458. The molecule has 0 bridgehead atoms. The van der Waals surface area contributed by atoms with Gasteiger partial charge in [0.05, 0.1) is 66.4 Å². The summed E-state index contributed by atoms with van der Waals surface area (Å²) in [7, 11) is 0. The summed E-state index contributed by atoms with van der Waals surface area (Å²) in [6.45, 7) is 0. The van der Waals surface area contributed by atoms with Crippen molar-refractivity contribution < 1.29 is 52.7 Å². The van der Waals surface area contributed by atoms with E-state index in [-0.39, 0.29) is 51.2 Å². The van der Waals surface area contributed by atoms with Gasteiger partial charge >= 0.3 is 24.7 Å². The van der Waals surface area contributed by atoms with E-state index in [0.717, 1.165) is 48.5 Å². The normalized spacial score (nSPS) is 13.0. The Balaban J connectivity index is 0.997. The van der Waals surface area contributed by atoms with E-state index in [4.69, 9.17) is 15.0 Å². The van der Waals surface area contributed by atoms with E-state index in [1.165, 1.54) is 33.4 Å². The number of halogens is 12. The van der Waals surface area contributed by atoms with Crippen molar-refractivity contribution in [3.8, 4) is 34.7 Å². The predicted molar refractivity (Wildman–Crippen MR) is 283 cm³/mol. The average molecular weight is 1090 g/mol. The number of hydrogen-bond donors (Lipinski definition) is 0. The summed E-state index contributed by atoms with van der Waals surface area (Å²) in [4.78, 5) is 15.2. The molecule has 19 heteroatoms. The van der Waals surface area contributed by atoms with E-state index >= 15 is 0 Å². The van der Waals surface area contributed by atoms with E-state index in [0.29, 0.717) is 70.7 Å². The quantitative estimate of drug-likeness (QED) is 0.161. The molecule has 5 heterocycles. The van der Waals surface area contributed by atoms with Gasteiger partial charge in [-0.05, 0) is 97.1 Å². The first-order chi connectivity index (χ1) is 38.2. The van der Waals surface area contributed by atoms with Gasteiger partial charge in [-0.3, -0.25) is 9.13 Å². The molecule has 0 aliphatic rings. The van der Waals surface area contributed by atoms with Gasteiger partial charge in [-0.25, -0.2) is 0 Å². The molecule has 7 nitrogen and oxygen atoms in total. The summed E-state index contributed by atoms with van der Waals surface area (Å²) in [6, 6.07) is 45.8. The maximum atomic E-state index is 14.3. The number of hydrogen-bond acceptors (Lipinski definition) is 3. The lowest BCUT2D eigenvalue weighted by atomic mass is 10.1. The monoisotopic (exact) mass is 1090 g/mol. The zero-order chi connectivity index (χ0) is 55.4. The summed E-state index contributed by atoms with van der Waals surface area (Å²) in [6.07, 6.45) is -19.0. The molecular weight excluding hydrogens is 1060 g/mol. The standard InChI is InChI=1S/C61H31F12N7/c62-58(63,64)33-14-20-41-42-21-15-34(59(65,66)67)27-52(42)77(51(41)26-33)37-18-24-49-45(30-37)39-10-4-6-12-47(39)79(49)56-74-55(32-8-2-1-3-9-32)75-57(76-56)80-48-13-7-5-11-40(48)46-31-38(19-25-50(46)80)78-53-28-35(60(68,69)70)16-22-43(53)44-23-17-36(29-54(44)78)61(71,72)73/h1-31H. The maximum Gasteiger partial charge on any atom is 0.416 e. The van der Waals surface area contributed by atoms with Crippen LogP contribution in [0, 0.1) is 0 Å². The largest absolute Gasteiger partial charge is 0.416 e. The Morgan fingerprint density at radius 3 is 0.912 bits per heavy atom. The maximum absolute atomic E-state index is 14.3. The molecule has 0 amide bonds. The smallest absolute Gasteiger partial charge is 0.309 e. The molecule has 5 aromatic heterocycles. The third-order valence-electron chi connectivity index (χ3n) is 14.7. The molecule has 0 fully saturated rings. The fraction of sp³-hybridized carbons (Fsp3) is 0.0656. The van der Waals surface area contributed by atoms with Crippen LogP contribution in [-0.2, 0) is 24.7 Å². The van der Waals surface area contributed by atoms with Crippen LogP contribution in [0.15, 0.2) is 188 Å². The molecule has 9 aromatic carbocycles. The van der Waals surface area contributed by atoms with Crippen LogP contribution >= 0.6 is 0 Å². The number of aromatic nitrogens is 7. The SMILES string of the molecule is FC(F)(F)c1ccc2c3ccc(C(F)(F)F)cc3n(-c3ccc4c(c3)c3ccccc3n4-c3nc(-c4ccccc4)nc(-n4c5ccccc5c5cc(-n6c7cc(C(F)(F)F)ccc7c7ccc(C(F)(F)F)cc76)ccc54)n3)c2c1. The fourth-order valence-electron chi connectivity index (χ4n) is 11.2. The average Bonchev–Trinajstić information content (AvgIpc) is 4.06. The van der Waals surface area contributed by atoms with Crippen molar-refractivity contribution in [1.82, 2.24) is 33.2 Å². The molecule has 14 aromatic rings. The molecule has 0 spiro atoms. The van der Waals surface area contributed by atoms with Gasteiger partial charge in [0.1, 0.15) is 0 Å². The van der Waals surface area contributed by atoms with Gasteiger partial charge in [-0.15, -0.1) is 0 Å². The highest BCUT2D eigenvalue weighted by Crippen LogP contribution is 2.44. The van der Waals surface area contributed by atoms with Crippen molar-refractivity contribution in [2.24, 2.45) is 0 Å². The molecule has 394 valence electrons. The Hall–Kier alpha value is -9.65. The molecule has 0 aliphatic carbocycles. The van der Waals surface area contributed by atoms with Crippen molar-refractivity contribution in [3.05, 3.63) is 210 Å². The Morgan fingerprint density at radius 1 is 0.250 bits per heavy atom. The zero-order valence-electron chi connectivity index (χ0n) is 40.6. The van der Waals surface area contributed by atoms with Crippen LogP contribution < -0.4 is 0 Å². The molecule has 0 unspecified atom stereocenters. The van der Waals surface area contributed by atoms with Crippen LogP contribution in [0.2, 0.25) is 0 Å². The van der Waals surface area contributed by atoms with Crippen molar-refractivity contribution in [3.63, 3.8) is 0 Å². The second-order valence-corrected chi connectivity index (χ2v) is 19.3. The van der Waals surface area contributed by atoms with Crippen LogP contribution in [0.4, 0.5) is 52.7 Å². The second-order valence-electron chi connectivity index (χ2n) is 19.3. The first kappa shape index (κ1) is 48.7. The Kier molecular flexibility index (Phi) is 10.3. The first-order valence-corrected chi connectivity index (χ1v) is 24.5. The third-order valence-corrected chi connectivity index (χ3v) is 14.7. The van der Waals surface area contributed by atoms with Gasteiger partial charge < -0.3 is 9.13 Å². The minimum Gasteiger partial charge on any atom is -0.309 e. The Morgan fingerprint density at radius 2 is 0.562 bits per heavy atom. The minimum absolute atomic E-state index is 0.0337. The Labute approximate surface area is 441 Å². The van der Waals surface area contributed by atoms with Crippen LogP contribution in [-0.4, -0.2) is 33.2 Å². The lowest BCUT2D eigenvalue weighted by Crippen LogP contribution is -2.10. The number of alkyl halides is 12. The van der Waals surface area contributed by atoms with Gasteiger partial charge in [-0.2, -0.15) is 67.6 Å². The number of rotatable bonds is 5. The number of para-hydroxylation sites is 2. The van der Waals surface area contributed by atoms with E-state index in [1.807, 2.05) is 30.3 Å². The molecule has 14 rings (SSSR count). The molecule has 80 heavy (non-hydrogen) atoms. The van der Waals surface area contributed by atoms with Crippen molar-refractivity contribution in [2.75, 3.05) is 0 Å². The molecule has 0 N–H and O–H groups in total. The van der Waals surface area contributed by atoms with Crippen LogP contribution in [0.25, 0.3) is 122 Å². The number of fused-ring (bicyclic) bond motifs is 12. The van der Waals surface area contributed by atoms with E-state index in [9.17, 15) is 52.7 Å². The van der Waals surface area contributed by atoms with Gasteiger partial charge in [-0.1, -0.05) is 91.0 Å². The Bertz CT molecular complexity index is 4470. The number of nitrogens with zero attached hydrogens (tertiary/aromatic N) is 7. The van der Waals surface area contributed by atoms with Crippen LogP contribution in [0.3, 0.4) is 0 Å². The summed E-state index contributed by atoms with van der Waals surface area (Å²) in [5, 5.41) is 3.61. The fourth-order valence-corrected chi connectivity index (χ4v) is 11.2. The zero-order valence-corrected chi connectivity index (χ0v) is 40.6. The van der Waals surface area contributed by atoms with E-state index in [1.54, 1.807) is 94.1 Å². The third kappa shape index (κ3) is 7.57. The first-order valence-electron chi connectivity index (χ1n) is 24.5. The van der Waals surface area contributed by atoms with Crippen molar-refractivity contribution in [2.45, 2.75) is 24.7 Å². The highest BCUT2D eigenvalue weighted by atomic mass is 19.4. The summed E-state index contributed by atoms with van der Waals surface area (Å²) in [5.41, 5.74) is -0.487. The number of benzene rings is 9. The van der Waals surface area contributed by atoms with Crippen LogP contribution in [0.1, 0.15) is 22.3 Å². The lowest BCUT2D eigenvalue weighted by Gasteiger charge is -2.14. The van der Waals surface area contributed by atoms with Gasteiger partial charge in [0.15, 0.2) is 5.82 Å². The molecular formula is C61H31F12N7. The second kappa shape index (κ2) is 16.9. The van der Waals surface area contributed by atoms with Crippen LogP contribution in [0.5, 0.6) is 0 Å². The predicted octanol–water partition coefficient (Wildman–Crippen LogP) is 18.0. The van der Waals surface area contributed by atoms with Gasteiger partial charge in [0.2, 0.25) is 11.9 Å². The molecule has 0 aliphatic heterocycles. The van der Waals surface area contributed by atoms with E-state index in [2.05, 4.69) is 0 Å². The molecule has 0 radical (unpaired) electrons. The molecule has 0 atom stereocenters. The molecule has 0 saturated heterocycles.